The maximum atomic E-state index is 11.8. The summed E-state index contributed by atoms with van der Waals surface area (Å²) in [6.45, 7) is 0.911. The van der Waals surface area contributed by atoms with Crippen molar-refractivity contribution in [1.82, 2.24) is 5.32 Å². The predicted octanol–water partition coefficient (Wildman–Crippen LogP) is 2.52. The van der Waals surface area contributed by atoms with Crippen LogP contribution in [0.4, 0.5) is 8.78 Å². The molecule has 0 radical (unpaired) electrons. The van der Waals surface area contributed by atoms with E-state index in [4.69, 9.17) is 4.74 Å². The van der Waals surface area contributed by atoms with E-state index in [1.807, 2.05) is 13.0 Å². The summed E-state index contributed by atoms with van der Waals surface area (Å²) in [6, 6.07) is 5.32. The van der Waals surface area contributed by atoms with Crippen molar-refractivity contribution in [1.29, 1.82) is 0 Å². The lowest BCUT2D eigenvalue weighted by molar-refractivity contribution is -0.123. The average Bonchev–Trinajstić information content (AvgIpc) is 2.25. The Morgan fingerprint density at radius 2 is 2.24 bits per heavy atom. The number of nitrogens with one attached hydrogen (secondary N) is 1. The highest BCUT2D eigenvalue weighted by molar-refractivity contribution is 9.10. The van der Waals surface area contributed by atoms with Gasteiger partial charge in [0.1, 0.15) is 5.75 Å². The normalized spacial score (nSPS) is 10.4. The Labute approximate surface area is 106 Å². The topological polar surface area (TPSA) is 38.3 Å². The van der Waals surface area contributed by atoms with Gasteiger partial charge in [0, 0.05) is 4.47 Å². The van der Waals surface area contributed by atoms with Gasteiger partial charge >= 0.3 is 0 Å². The number of halogens is 3. The molecule has 0 aliphatic carbocycles. The number of amides is 1. The van der Waals surface area contributed by atoms with Crippen LogP contribution in [0.25, 0.3) is 0 Å². The summed E-state index contributed by atoms with van der Waals surface area (Å²) in [7, 11) is 0. The van der Waals surface area contributed by atoms with Crippen LogP contribution in [-0.2, 0) is 4.79 Å². The number of benzene rings is 1. The molecule has 0 aromatic heterocycles. The molecule has 0 bridgehead atoms. The molecule has 94 valence electrons. The van der Waals surface area contributed by atoms with Crippen LogP contribution in [0.5, 0.6) is 5.75 Å². The molecule has 17 heavy (non-hydrogen) atoms. The van der Waals surface area contributed by atoms with E-state index < -0.39 is 18.9 Å². The zero-order valence-electron chi connectivity index (χ0n) is 9.17. The van der Waals surface area contributed by atoms with Gasteiger partial charge in [-0.1, -0.05) is 15.9 Å². The summed E-state index contributed by atoms with van der Waals surface area (Å²) >= 11 is 3.30. The van der Waals surface area contributed by atoms with E-state index in [1.165, 1.54) is 0 Å². The Balaban J connectivity index is 2.42. The number of carbonyl (C=O) groups is 1. The lowest BCUT2D eigenvalue weighted by atomic mass is 10.2. The highest BCUT2D eigenvalue weighted by Gasteiger charge is 2.08. The summed E-state index contributed by atoms with van der Waals surface area (Å²) < 4.78 is 29.7. The van der Waals surface area contributed by atoms with Crippen molar-refractivity contribution in [3.8, 4) is 5.75 Å². The second-order valence-corrected chi connectivity index (χ2v) is 4.31. The predicted molar refractivity (Wildman–Crippen MR) is 63.4 cm³/mol. The monoisotopic (exact) mass is 307 g/mol. The van der Waals surface area contributed by atoms with Crippen LogP contribution in [0.2, 0.25) is 0 Å². The van der Waals surface area contributed by atoms with E-state index in [0.717, 1.165) is 10.0 Å². The fraction of sp³-hybridized carbons (Fsp3) is 0.364. The van der Waals surface area contributed by atoms with Crippen LogP contribution in [0.15, 0.2) is 22.7 Å². The van der Waals surface area contributed by atoms with Crippen molar-refractivity contribution >= 4 is 21.8 Å². The third-order valence-electron chi connectivity index (χ3n) is 1.95. The molecule has 0 unspecified atom stereocenters. The first-order valence-corrected chi connectivity index (χ1v) is 5.72. The van der Waals surface area contributed by atoms with Crippen molar-refractivity contribution in [2.45, 2.75) is 13.3 Å². The highest BCUT2D eigenvalue weighted by Crippen LogP contribution is 2.21. The molecule has 1 aromatic rings. The lowest BCUT2D eigenvalue weighted by Crippen LogP contribution is -2.32. The van der Waals surface area contributed by atoms with Gasteiger partial charge in [0.25, 0.3) is 12.3 Å². The minimum atomic E-state index is -2.55. The number of carbonyl (C=O) groups excluding carboxylic acids is 1. The molecule has 0 saturated carbocycles. The largest absolute Gasteiger partial charge is 0.484 e. The van der Waals surface area contributed by atoms with Gasteiger partial charge in [0.2, 0.25) is 0 Å². The van der Waals surface area contributed by atoms with Crippen molar-refractivity contribution in [3.63, 3.8) is 0 Å². The van der Waals surface area contributed by atoms with Gasteiger partial charge in [-0.3, -0.25) is 4.79 Å². The molecule has 0 aliphatic rings. The summed E-state index contributed by atoms with van der Waals surface area (Å²) in [5, 5.41) is 2.06. The van der Waals surface area contributed by atoms with Crippen LogP contribution in [-0.4, -0.2) is 25.5 Å². The number of ether oxygens (including phenoxy) is 1. The first-order valence-electron chi connectivity index (χ1n) is 4.93. The Hall–Kier alpha value is -1.17. The molecule has 6 heteroatoms. The Bertz CT molecular complexity index is 399. The van der Waals surface area contributed by atoms with Gasteiger partial charge in [-0.25, -0.2) is 8.78 Å². The van der Waals surface area contributed by atoms with Crippen LogP contribution in [0.1, 0.15) is 5.56 Å². The van der Waals surface area contributed by atoms with Gasteiger partial charge in [0.05, 0.1) is 6.54 Å². The second kappa shape index (κ2) is 6.54. The van der Waals surface area contributed by atoms with Crippen molar-refractivity contribution < 1.29 is 18.3 Å². The van der Waals surface area contributed by atoms with E-state index in [0.29, 0.717) is 5.75 Å². The zero-order chi connectivity index (χ0) is 12.8. The molecule has 1 rings (SSSR count). The molecule has 1 N–H and O–H groups in total. The standard InChI is InChI=1S/C11H12BrF2NO2/c1-7-4-8(12)2-3-9(7)17-6-11(16)15-5-10(13)14/h2-4,10H,5-6H2,1H3,(H,15,16). The number of rotatable bonds is 5. The number of aryl methyl sites for hydroxylation is 1. The molecular weight excluding hydrogens is 296 g/mol. The second-order valence-electron chi connectivity index (χ2n) is 3.39. The molecule has 1 aromatic carbocycles. The molecule has 3 nitrogen and oxygen atoms in total. The number of hydrogen-bond acceptors (Lipinski definition) is 2. The summed E-state index contributed by atoms with van der Waals surface area (Å²) in [4.78, 5) is 11.1. The maximum absolute atomic E-state index is 11.8. The van der Waals surface area contributed by atoms with Crippen LogP contribution in [0, 0.1) is 6.92 Å². The Morgan fingerprint density at radius 1 is 1.53 bits per heavy atom. The third-order valence-corrected chi connectivity index (χ3v) is 2.44. The van der Waals surface area contributed by atoms with Crippen LogP contribution >= 0.6 is 15.9 Å². The van der Waals surface area contributed by atoms with E-state index in [-0.39, 0.29) is 6.61 Å². The maximum Gasteiger partial charge on any atom is 0.258 e. The van der Waals surface area contributed by atoms with Gasteiger partial charge in [-0.2, -0.15) is 0 Å². The van der Waals surface area contributed by atoms with Crippen molar-refractivity contribution in [2.75, 3.05) is 13.2 Å². The summed E-state index contributed by atoms with van der Waals surface area (Å²) in [6.07, 6.45) is -2.55. The minimum Gasteiger partial charge on any atom is -0.484 e. The summed E-state index contributed by atoms with van der Waals surface area (Å²) in [5.41, 5.74) is 0.862. The molecular formula is C11H12BrF2NO2. The minimum absolute atomic E-state index is 0.269. The Kier molecular flexibility index (Phi) is 5.34. The molecule has 1 amide bonds. The first kappa shape index (κ1) is 13.9. The molecule has 0 heterocycles. The number of alkyl halides is 2. The fourth-order valence-corrected chi connectivity index (χ4v) is 1.64. The van der Waals surface area contributed by atoms with Gasteiger partial charge in [-0.05, 0) is 30.7 Å². The molecule has 0 atom stereocenters. The van der Waals surface area contributed by atoms with E-state index in [1.54, 1.807) is 12.1 Å². The number of hydrogen-bond donors (Lipinski definition) is 1. The lowest BCUT2D eigenvalue weighted by Gasteiger charge is -2.09. The SMILES string of the molecule is Cc1cc(Br)ccc1OCC(=O)NCC(F)F. The zero-order valence-corrected chi connectivity index (χ0v) is 10.8. The van der Waals surface area contributed by atoms with E-state index >= 15 is 0 Å². The first-order chi connectivity index (χ1) is 7.99. The van der Waals surface area contributed by atoms with E-state index in [9.17, 15) is 13.6 Å². The molecule has 0 spiro atoms. The smallest absolute Gasteiger partial charge is 0.258 e. The third kappa shape index (κ3) is 5.12. The van der Waals surface area contributed by atoms with Crippen molar-refractivity contribution in [3.05, 3.63) is 28.2 Å². The highest BCUT2D eigenvalue weighted by atomic mass is 79.9. The van der Waals surface area contributed by atoms with Crippen LogP contribution < -0.4 is 10.1 Å². The molecule has 0 aliphatic heterocycles. The Morgan fingerprint density at radius 3 is 2.82 bits per heavy atom. The van der Waals surface area contributed by atoms with E-state index in [2.05, 4.69) is 21.2 Å². The molecule has 0 saturated heterocycles. The van der Waals surface area contributed by atoms with Gasteiger partial charge in [0.15, 0.2) is 6.61 Å². The van der Waals surface area contributed by atoms with Gasteiger partial charge < -0.3 is 10.1 Å². The average molecular weight is 308 g/mol. The van der Waals surface area contributed by atoms with Crippen molar-refractivity contribution in [2.24, 2.45) is 0 Å². The molecule has 0 fully saturated rings. The van der Waals surface area contributed by atoms with Gasteiger partial charge in [-0.15, -0.1) is 0 Å². The fourth-order valence-electron chi connectivity index (χ4n) is 1.16. The van der Waals surface area contributed by atoms with Crippen LogP contribution in [0.3, 0.4) is 0 Å². The summed E-state index contributed by atoms with van der Waals surface area (Å²) in [5.74, 6) is -0.00647. The quantitative estimate of drug-likeness (QED) is 0.908.